The van der Waals surface area contributed by atoms with Gasteiger partial charge in [-0.25, -0.2) is 0 Å². The number of benzene rings is 1. The van der Waals surface area contributed by atoms with E-state index >= 15 is 0 Å². The Balaban J connectivity index is 3.19. The molecule has 0 heterocycles. The van der Waals surface area contributed by atoms with E-state index in [0.717, 1.165) is 0 Å². The summed E-state index contributed by atoms with van der Waals surface area (Å²) in [7, 11) is 0. The van der Waals surface area contributed by atoms with Gasteiger partial charge in [-0.05, 0) is 18.2 Å². The van der Waals surface area contributed by atoms with Gasteiger partial charge in [0.2, 0.25) is 0 Å². The quantitative estimate of drug-likeness (QED) is 0.295. The van der Waals surface area contributed by atoms with E-state index in [1.54, 1.807) is 20.8 Å². The van der Waals surface area contributed by atoms with Crippen LogP contribution in [0.25, 0.3) is 0 Å². The summed E-state index contributed by atoms with van der Waals surface area (Å²) in [6.45, 7) is 3.67. The van der Waals surface area contributed by atoms with Gasteiger partial charge in [0, 0.05) is 35.2 Å². The maximum atomic E-state index is 12.6. The second-order valence-corrected chi connectivity index (χ2v) is 7.47. The van der Waals surface area contributed by atoms with Crippen molar-refractivity contribution in [2.24, 2.45) is 5.41 Å². The van der Waals surface area contributed by atoms with Crippen LogP contribution >= 0.6 is 0 Å². The van der Waals surface area contributed by atoms with Crippen LogP contribution in [0, 0.1) is 5.41 Å². The molecular formula is C19H28N2O7. The number of hydrogen-bond acceptors (Lipinski definition) is 7. The van der Waals surface area contributed by atoms with Gasteiger partial charge in [0.25, 0.3) is 11.8 Å². The highest BCUT2D eigenvalue weighted by molar-refractivity contribution is 6.06. The van der Waals surface area contributed by atoms with E-state index < -0.39 is 42.7 Å². The second kappa shape index (κ2) is 10.3. The number of amides is 2. The molecule has 1 aromatic carbocycles. The molecule has 0 spiro atoms. The molecule has 0 saturated heterocycles. The number of ketones is 1. The van der Waals surface area contributed by atoms with E-state index in [1.165, 1.54) is 18.2 Å². The van der Waals surface area contributed by atoms with Crippen LogP contribution < -0.4 is 10.6 Å². The topological polar surface area (TPSA) is 156 Å². The van der Waals surface area contributed by atoms with E-state index in [1.807, 2.05) is 0 Å². The first-order valence-corrected chi connectivity index (χ1v) is 8.83. The lowest BCUT2D eigenvalue weighted by Crippen LogP contribution is -2.35. The van der Waals surface area contributed by atoms with Crippen LogP contribution in [-0.4, -0.2) is 76.5 Å². The van der Waals surface area contributed by atoms with Gasteiger partial charge in [0.1, 0.15) is 0 Å². The minimum atomic E-state index is -1.13. The number of rotatable bonds is 9. The lowest BCUT2D eigenvalue weighted by atomic mass is 9.85. The van der Waals surface area contributed by atoms with Crippen LogP contribution in [0.15, 0.2) is 18.2 Å². The fourth-order valence-corrected chi connectivity index (χ4v) is 2.21. The highest BCUT2D eigenvalue weighted by Gasteiger charge is 2.25. The summed E-state index contributed by atoms with van der Waals surface area (Å²) in [5, 5.41) is 41.2. The third-order valence-electron chi connectivity index (χ3n) is 3.82. The predicted octanol–water partition coefficient (Wildman–Crippen LogP) is -0.919. The molecule has 9 nitrogen and oxygen atoms in total. The average Bonchev–Trinajstić information content (AvgIpc) is 2.67. The maximum Gasteiger partial charge on any atom is 0.251 e. The van der Waals surface area contributed by atoms with Crippen molar-refractivity contribution in [2.45, 2.75) is 33.0 Å². The summed E-state index contributed by atoms with van der Waals surface area (Å²) in [5.41, 5.74) is -0.514. The van der Waals surface area contributed by atoms with Gasteiger partial charge >= 0.3 is 0 Å². The van der Waals surface area contributed by atoms with Crippen LogP contribution in [0.1, 0.15) is 51.8 Å². The molecule has 0 aliphatic rings. The van der Waals surface area contributed by atoms with Gasteiger partial charge in [-0.1, -0.05) is 20.8 Å². The monoisotopic (exact) mass is 396 g/mol. The Morgan fingerprint density at radius 3 is 1.50 bits per heavy atom. The maximum absolute atomic E-state index is 12.6. The summed E-state index contributed by atoms with van der Waals surface area (Å²) in [6, 6.07) is 3.99. The highest BCUT2D eigenvalue weighted by atomic mass is 16.3. The third kappa shape index (κ3) is 7.01. The Morgan fingerprint density at radius 1 is 0.821 bits per heavy atom. The van der Waals surface area contributed by atoms with Crippen molar-refractivity contribution in [3.05, 3.63) is 34.9 Å². The van der Waals surface area contributed by atoms with Crippen LogP contribution in [0.3, 0.4) is 0 Å². The highest BCUT2D eigenvalue weighted by Crippen LogP contribution is 2.23. The van der Waals surface area contributed by atoms with Crippen LogP contribution in [0.5, 0.6) is 0 Å². The Hall–Kier alpha value is -2.33. The Bertz CT molecular complexity index is 668. The molecule has 0 radical (unpaired) electrons. The summed E-state index contributed by atoms with van der Waals surface area (Å²) in [6.07, 6.45) is -2.27. The van der Waals surface area contributed by atoms with Crippen molar-refractivity contribution < 1.29 is 34.8 Å². The smallest absolute Gasteiger partial charge is 0.251 e. The number of carbonyl (C=O) groups excluding carboxylic acids is 3. The zero-order chi connectivity index (χ0) is 21.5. The molecule has 6 N–H and O–H groups in total. The average molecular weight is 396 g/mol. The van der Waals surface area contributed by atoms with Crippen molar-refractivity contribution >= 4 is 17.6 Å². The zero-order valence-corrected chi connectivity index (χ0v) is 16.2. The molecule has 0 bridgehead atoms. The fraction of sp³-hybridized carbons (Fsp3) is 0.526. The molecule has 28 heavy (non-hydrogen) atoms. The van der Waals surface area contributed by atoms with Gasteiger partial charge in [0.15, 0.2) is 5.78 Å². The molecule has 156 valence electrons. The first-order valence-electron chi connectivity index (χ1n) is 8.83. The zero-order valence-electron chi connectivity index (χ0n) is 16.2. The normalized spacial score (nSPS) is 13.5. The fourth-order valence-electron chi connectivity index (χ4n) is 2.21. The third-order valence-corrected chi connectivity index (χ3v) is 3.82. The molecule has 2 amide bonds. The van der Waals surface area contributed by atoms with Crippen molar-refractivity contribution in [2.75, 3.05) is 26.3 Å². The van der Waals surface area contributed by atoms with Crippen molar-refractivity contribution in [1.82, 2.24) is 10.6 Å². The Labute approximate surface area is 163 Å². The Morgan fingerprint density at radius 2 is 1.18 bits per heavy atom. The van der Waals surface area contributed by atoms with Gasteiger partial charge in [-0.2, -0.15) is 0 Å². The predicted molar refractivity (Wildman–Crippen MR) is 101 cm³/mol. The lowest BCUT2D eigenvalue weighted by Gasteiger charge is -2.18. The standard InChI is InChI=1S/C19H28N2O7/c1-19(2,3)16(26)11-4-12(17(27)20-7-14(24)9-22)6-13(5-11)18(28)21-8-15(25)10-23/h4-6,14-15,22-25H,7-10H2,1-3H3,(H,20,27)(H,21,28). The first kappa shape index (κ1) is 23.7. The molecule has 0 aliphatic heterocycles. The van der Waals surface area contributed by atoms with E-state index in [9.17, 15) is 24.6 Å². The van der Waals surface area contributed by atoms with Crippen LogP contribution in [0.4, 0.5) is 0 Å². The molecule has 0 aliphatic carbocycles. The van der Waals surface area contributed by atoms with E-state index in [4.69, 9.17) is 10.2 Å². The molecule has 0 saturated carbocycles. The minimum absolute atomic E-state index is 0.0353. The molecule has 2 unspecified atom stereocenters. The summed E-state index contributed by atoms with van der Waals surface area (Å²) < 4.78 is 0. The van der Waals surface area contributed by atoms with Gasteiger partial charge in [0.05, 0.1) is 25.4 Å². The molecule has 0 aromatic heterocycles. The van der Waals surface area contributed by atoms with Crippen molar-refractivity contribution in [3.63, 3.8) is 0 Å². The van der Waals surface area contributed by atoms with Crippen molar-refractivity contribution in [1.29, 1.82) is 0 Å². The largest absolute Gasteiger partial charge is 0.394 e. The number of hydrogen-bond donors (Lipinski definition) is 6. The lowest BCUT2D eigenvalue weighted by molar-refractivity contribution is 0.0800. The molecule has 1 rings (SSSR count). The van der Waals surface area contributed by atoms with Gasteiger partial charge in [-0.15, -0.1) is 0 Å². The molecule has 2 atom stereocenters. The summed E-state index contributed by atoms with van der Waals surface area (Å²) in [4.78, 5) is 37.3. The minimum Gasteiger partial charge on any atom is -0.394 e. The SMILES string of the molecule is CC(C)(C)C(=O)c1cc(C(=O)NCC(O)CO)cc(C(=O)NCC(O)CO)c1. The number of aliphatic hydroxyl groups is 4. The number of Topliss-reactive ketones (excluding diaryl/α,β-unsaturated/α-hetero) is 1. The van der Waals surface area contributed by atoms with Gasteiger partial charge < -0.3 is 31.1 Å². The summed E-state index contributed by atoms with van der Waals surface area (Å²) in [5.74, 6) is -1.53. The van der Waals surface area contributed by atoms with E-state index in [0.29, 0.717) is 0 Å². The van der Waals surface area contributed by atoms with Crippen LogP contribution in [0.2, 0.25) is 0 Å². The molecular weight excluding hydrogens is 368 g/mol. The molecule has 0 fully saturated rings. The molecule has 1 aromatic rings. The second-order valence-electron chi connectivity index (χ2n) is 7.47. The van der Waals surface area contributed by atoms with E-state index in [-0.39, 0.29) is 35.6 Å². The number of carbonyl (C=O) groups is 3. The number of nitrogens with one attached hydrogen (secondary N) is 2. The summed E-state index contributed by atoms with van der Waals surface area (Å²) >= 11 is 0. The Kier molecular flexibility index (Phi) is 8.70. The number of aliphatic hydroxyl groups excluding tert-OH is 4. The van der Waals surface area contributed by atoms with Crippen LogP contribution in [-0.2, 0) is 0 Å². The van der Waals surface area contributed by atoms with E-state index in [2.05, 4.69) is 10.6 Å². The van der Waals surface area contributed by atoms with Gasteiger partial charge in [-0.3, -0.25) is 14.4 Å². The van der Waals surface area contributed by atoms with Crippen molar-refractivity contribution in [3.8, 4) is 0 Å². The first-order chi connectivity index (χ1) is 13.0. The molecule has 9 heteroatoms.